The van der Waals surface area contributed by atoms with Gasteiger partial charge >= 0.3 is 0 Å². The summed E-state index contributed by atoms with van der Waals surface area (Å²) in [6.07, 6.45) is 6.84. The van der Waals surface area contributed by atoms with Crippen LogP contribution in [0.4, 0.5) is 5.82 Å². The molecule has 1 aliphatic rings. The molecule has 1 fully saturated rings. The number of fused-ring (bicyclic) bond motifs is 1. The van der Waals surface area contributed by atoms with Crippen LogP contribution in [0.25, 0.3) is 10.9 Å². The third kappa shape index (κ3) is 8.51. The van der Waals surface area contributed by atoms with Crippen molar-refractivity contribution in [3.05, 3.63) is 58.9 Å². The molecule has 0 aliphatic heterocycles. The molecule has 1 aromatic heterocycles. The average Bonchev–Trinajstić information content (AvgIpc) is 2.81. The summed E-state index contributed by atoms with van der Waals surface area (Å²) in [5.74, 6) is 4.75. The first-order valence-corrected chi connectivity index (χ1v) is 12.4. The first-order valence-electron chi connectivity index (χ1n) is 12.0. The summed E-state index contributed by atoms with van der Waals surface area (Å²) in [7, 11) is 5.66. The molecule has 0 radical (unpaired) electrons. The third-order valence-electron chi connectivity index (χ3n) is 6.05. The molecule has 0 N–H and O–H groups in total. The highest BCUT2D eigenvalue weighted by atomic mass is 35.5. The quantitative estimate of drug-likeness (QED) is 0.393. The van der Waals surface area contributed by atoms with E-state index < -0.39 is 0 Å². The molecule has 5 heteroatoms. The van der Waals surface area contributed by atoms with Gasteiger partial charge in [0.15, 0.2) is 0 Å². The van der Waals surface area contributed by atoms with Gasteiger partial charge in [-0.15, -0.1) is 0 Å². The highest BCUT2D eigenvalue weighted by Gasteiger charge is 2.13. The van der Waals surface area contributed by atoms with Crippen molar-refractivity contribution in [1.82, 2.24) is 9.97 Å². The molecule has 1 heterocycles. The molecule has 0 spiro atoms. The van der Waals surface area contributed by atoms with Gasteiger partial charge in [0.05, 0.1) is 12.6 Å². The fourth-order valence-electron chi connectivity index (χ4n) is 3.96. The summed E-state index contributed by atoms with van der Waals surface area (Å²) in [6, 6.07) is 13.7. The highest BCUT2D eigenvalue weighted by Crippen LogP contribution is 2.27. The van der Waals surface area contributed by atoms with Crippen LogP contribution in [0.1, 0.15) is 57.8 Å². The summed E-state index contributed by atoms with van der Waals surface area (Å²) >= 11 is 5.80. The van der Waals surface area contributed by atoms with Crippen molar-refractivity contribution in [1.29, 1.82) is 0 Å². The van der Waals surface area contributed by atoms with Gasteiger partial charge in [-0.1, -0.05) is 70.2 Å². The average molecular weight is 470 g/mol. The number of nitrogens with zero attached hydrogens (tertiary/aromatic N) is 3. The molecule has 0 amide bonds. The maximum Gasteiger partial charge on any atom is 0.139 e. The van der Waals surface area contributed by atoms with Crippen LogP contribution in [0.15, 0.2) is 42.5 Å². The van der Waals surface area contributed by atoms with Crippen LogP contribution in [0.3, 0.4) is 0 Å². The maximum atomic E-state index is 5.80. The molecule has 33 heavy (non-hydrogen) atoms. The summed E-state index contributed by atoms with van der Waals surface area (Å²) in [6.45, 7) is 8.73. The number of benzene rings is 2. The van der Waals surface area contributed by atoms with Crippen molar-refractivity contribution in [2.24, 2.45) is 11.8 Å². The van der Waals surface area contributed by atoms with Gasteiger partial charge in [0.2, 0.25) is 0 Å². The summed E-state index contributed by atoms with van der Waals surface area (Å²) in [5.41, 5.74) is 2.16. The van der Waals surface area contributed by atoms with E-state index in [1.54, 1.807) is 7.11 Å². The van der Waals surface area contributed by atoms with Crippen LogP contribution < -0.4 is 9.64 Å². The Hall–Kier alpha value is -2.33. The second-order valence-electron chi connectivity index (χ2n) is 9.18. The molecule has 0 saturated heterocycles. The van der Waals surface area contributed by atoms with Gasteiger partial charge in [0.25, 0.3) is 0 Å². The predicted octanol–water partition coefficient (Wildman–Crippen LogP) is 7.75. The number of hydrogen-bond acceptors (Lipinski definition) is 4. The Balaban J connectivity index is 0.000000182. The Morgan fingerprint density at radius 1 is 0.970 bits per heavy atom. The standard InChI is InChI=1S/C11H13N3.C9H11ClO.C8H16/c1-8-12-10-7-5-4-6-9(10)11(13-8)14(2)3;1-3-7-6-8(10)4-5-9(7)11-2;1-7-3-5-8(2)6-4-7/h4-7H,1-3H3;4-6H,3H2,1-2H3;7-8H,3-6H2,1-2H3. The van der Waals surface area contributed by atoms with E-state index >= 15 is 0 Å². The van der Waals surface area contributed by atoms with E-state index in [4.69, 9.17) is 16.3 Å². The van der Waals surface area contributed by atoms with Crippen molar-refractivity contribution in [3.63, 3.8) is 0 Å². The largest absolute Gasteiger partial charge is 0.496 e. The SMILES string of the molecule is CC1CCC(C)CC1.CCc1cc(Cl)ccc1OC.Cc1nc(N(C)C)c2ccccc2n1. The van der Waals surface area contributed by atoms with Crippen molar-refractivity contribution in [2.45, 2.75) is 59.8 Å². The molecule has 0 bridgehead atoms. The molecule has 0 unspecified atom stereocenters. The summed E-state index contributed by atoms with van der Waals surface area (Å²) in [4.78, 5) is 10.8. The zero-order valence-electron chi connectivity index (χ0n) is 21.4. The molecule has 3 aromatic rings. The zero-order chi connectivity index (χ0) is 24.4. The second-order valence-corrected chi connectivity index (χ2v) is 9.62. The first-order chi connectivity index (χ1) is 15.7. The number of para-hydroxylation sites is 1. The van der Waals surface area contributed by atoms with Crippen LogP contribution in [0, 0.1) is 18.8 Å². The van der Waals surface area contributed by atoms with Crippen LogP contribution in [0.5, 0.6) is 5.75 Å². The van der Waals surface area contributed by atoms with Gasteiger partial charge < -0.3 is 9.64 Å². The van der Waals surface area contributed by atoms with Crippen LogP contribution in [-0.2, 0) is 6.42 Å². The Kier molecular flexibility index (Phi) is 10.9. The fourth-order valence-corrected chi connectivity index (χ4v) is 4.16. The number of aromatic nitrogens is 2. The smallest absolute Gasteiger partial charge is 0.139 e. The van der Waals surface area contributed by atoms with Crippen LogP contribution in [-0.4, -0.2) is 31.2 Å². The number of ether oxygens (including phenoxy) is 1. The number of halogens is 1. The molecule has 180 valence electrons. The minimum Gasteiger partial charge on any atom is -0.496 e. The number of methoxy groups -OCH3 is 1. The Bertz CT molecular complexity index is 988. The lowest BCUT2D eigenvalue weighted by Crippen LogP contribution is -2.12. The van der Waals surface area contributed by atoms with E-state index in [2.05, 4.69) is 30.7 Å². The first kappa shape index (κ1) is 26.9. The number of hydrogen-bond donors (Lipinski definition) is 0. The second kappa shape index (κ2) is 13.4. The van der Waals surface area contributed by atoms with Crippen LogP contribution >= 0.6 is 11.6 Å². The van der Waals surface area contributed by atoms with Gasteiger partial charge in [0, 0.05) is 24.5 Å². The van der Waals surface area contributed by atoms with Crippen LogP contribution in [0.2, 0.25) is 5.02 Å². The lowest BCUT2D eigenvalue weighted by atomic mass is 9.84. The molecule has 0 atom stereocenters. The molecular formula is C28H40ClN3O. The number of aryl methyl sites for hydroxylation is 2. The topological polar surface area (TPSA) is 38.2 Å². The van der Waals surface area contributed by atoms with E-state index in [9.17, 15) is 0 Å². The summed E-state index contributed by atoms with van der Waals surface area (Å²) in [5, 5.41) is 1.87. The van der Waals surface area contributed by atoms with E-state index in [0.717, 1.165) is 57.1 Å². The molecular weight excluding hydrogens is 430 g/mol. The minimum absolute atomic E-state index is 0.766. The maximum absolute atomic E-state index is 5.80. The van der Waals surface area contributed by atoms with Crippen molar-refractivity contribution in [3.8, 4) is 5.75 Å². The van der Waals surface area contributed by atoms with E-state index in [1.165, 1.54) is 25.7 Å². The van der Waals surface area contributed by atoms with E-state index in [-0.39, 0.29) is 0 Å². The van der Waals surface area contributed by atoms with Crippen molar-refractivity contribution < 1.29 is 4.74 Å². The van der Waals surface area contributed by atoms with E-state index in [1.807, 2.05) is 68.4 Å². The van der Waals surface area contributed by atoms with Gasteiger partial charge in [-0.2, -0.15) is 0 Å². The normalized spacial score (nSPS) is 17.3. The van der Waals surface area contributed by atoms with Gasteiger partial charge in [-0.05, 0) is 61.1 Å². The minimum atomic E-state index is 0.766. The van der Waals surface area contributed by atoms with Gasteiger partial charge in [-0.25, -0.2) is 9.97 Å². The Labute approximate surface area is 205 Å². The van der Waals surface area contributed by atoms with Crippen molar-refractivity contribution in [2.75, 3.05) is 26.1 Å². The van der Waals surface area contributed by atoms with Gasteiger partial charge in [-0.3, -0.25) is 0 Å². The number of anilines is 1. The monoisotopic (exact) mass is 469 g/mol. The zero-order valence-corrected chi connectivity index (χ0v) is 22.1. The lowest BCUT2D eigenvalue weighted by Gasteiger charge is -2.22. The predicted molar refractivity (Wildman–Crippen MR) is 143 cm³/mol. The molecule has 1 saturated carbocycles. The Morgan fingerprint density at radius 2 is 1.58 bits per heavy atom. The molecule has 4 rings (SSSR count). The Morgan fingerprint density at radius 3 is 2.12 bits per heavy atom. The number of rotatable bonds is 3. The van der Waals surface area contributed by atoms with Gasteiger partial charge in [0.1, 0.15) is 17.4 Å². The molecule has 4 nitrogen and oxygen atoms in total. The third-order valence-corrected chi connectivity index (χ3v) is 6.28. The summed E-state index contributed by atoms with van der Waals surface area (Å²) < 4.78 is 5.13. The van der Waals surface area contributed by atoms with E-state index in [0.29, 0.717) is 0 Å². The highest BCUT2D eigenvalue weighted by molar-refractivity contribution is 6.30. The fraction of sp³-hybridized carbons (Fsp3) is 0.500. The molecule has 2 aromatic carbocycles. The van der Waals surface area contributed by atoms with Crippen molar-refractivity contribution >= 4 is 28.3 Å². The molecule has 1 aliphatic carbocycles. The lowest BCUT2D eigenvalue weighted by molar-refractivity contribution is 0.308.